The number of amides is 1. The average Bonchev–Trinajstić information content (AvgIpc) is 2.14. The summed E-state index contributed by atoms with van der Waals surface area (Å²) in [6, 6.07) is 0. The summed E-state index contributed by atoms with van der Waals surface area (Å²) in [4.78, 5) is 19.1. The topological polar surface area (TPSA) is 35.9 Å². The lowest BCUT2D eigenvalue weighted by atomic mass is 10.2. The smallest absolute Gasteiger partial charge is 0.229 e. The summed E-state index contributed by atoms with van der Waals surface area (Å²) in [5.74, 6) is 0.826. The van der Waals surface area contributed by atoms with Crippen LogP contribution < -0.4 is 0 Å². The van der Waals surface area contributed by atoms with Crippen molar-refractivity contribution < 1.29 is 4.79 Å². The van der Waals surface area contributed by atoms with Crippen molar-refractivity contribution in [3.05, 3.63) is 0 Å². The van der Waals surface area contributed by atoms with Gasteiger partial charge in [-0.15, -0.1) is 0 Å². The molecule has 1 amide bonds. The van der Waals surface area contributed by atoms with E-state index in [4.69, 9.17) is 0 Å². The molecule has 0 aliphatic rings. The largest absolute Gasteiger partial charge is 0.349 e. The molecule has 0 saturated heterocycles. The molecular formula is C10H21N3O. The van der Waals surface area contributed by atoms with Crippen LogP contribution in [-0.2, 0) is 4.79 Å². The Bertz CT molecular complexity index is 211. The third kappa shape index (κ3) is 3.77. The molecule has 0 unspecified atom stereocenters. The summed E-state index contributed by atoms with van der Waals surface area (Å²) in [7, 11) is 7.22. The number of guanidine groups is 1. The quantitative estimate of drug-likeness (QED) is 0.505. The molecule has 0 heterocycles. The number of nitrogens with zero attached hydrogens (tertiary/aromatic N) is 3. The summed E-state index contributed by atoms with van der Waals surface area (Å²) in [6.45, 7) is 2.08. The molecule has 0 spiro atoms. The minimum atomic E-state index is 0.126. The number of hydrogen-bond acceptors (Lipinski definition) is 2. The normalized spacial score (nSPS) is 11.4. The van der Waals surface area contributed by atoms with E-state index in [1.165, 1.54) is 0 Å². The van der Waals surface area contributed by atoms with Crippen molar-refractivity contribution in [2.75, 3.05) is 28.2 Å². The fourth-order valence-corrected chi connectivity index (χ4v) is 1.26. The molecule has 0 atom stereocenters. The lowest BCUT2D eigenvalue weighted by molar-refractivity contribution is -0.126. The Kier molecular flexibility index (Phi) is 5.92. The molecule has 0 bridgehead atoms. The van der Waals surface area contributed by atoms with Crippen LogP contribution in [0.25, 0.3) is 0 Å². The number of rotatable bonds is 3. The molecule has 14 heavy (non-hydrogen) atoms. The van der Waals surface area contributed by atoms with Gasteiger partial charge in [0.25, 0.3) is 0 Å². The monoisotopic (exact) mass is 199 g/mol. The van der Waals surface area contributed by atoms with E-state index < -0.39 is 0 Å². The van der Waals surface area contributed by atoms with Gasteiger partial charge in [-0.1, -0.05) is 13.3 Å². The van der Waals surface area contributed by atoms with Crippen LogP contribution in [0.5, 0.6) is 0 Å². The highest BCUT2D eigenvalue weighted by molar-refractivity contribution is 5.96. The predicted molar refractivity (Wildman–Crippen MR) is 59.3 cm³/mol. The van der Waals surface area contributed by atoms with Gasteiger partial charge in [0.05, 0.1) is 0 Å². The second-order valence-electron chi connectivity index (χ2n) is 3.47. The maximum absolute atomic E-state index is 11.6. The van der Waals surface area contributed by atoms with E-state index in [0.717, 1.165) is 12.8 Å². The summed E-state index contributed by atoms with van der Waals surface area (Å²) >= 11 is 0. The van der Waals surface area contributed by atoms with Crippen molar-refractivity contribution in [1.29, 1.82) is 0 Å². The maximum Gasteiger partial charge on any atom is 0.229 e. The second-order valence-corrected chi connectivity index (χ2v) is 3.47. The molecule has 0 aliphatic heterocycles. The summed E-state index contributed by atoms with van der Waals surface area (Å²) in [5.41, 5.74) is 0. The van der Waals surface area contributed by atoms with Crippen molar-refractivity contribution in [2.24, 2.45) is 4.99 Å². The molecule has 82 valence electrons. The Balaban J connectivity index is 4.29. The first kappa shape index (κ1) is 12.9. The molecule has 0 aromatic carbocycles. The molecule has 4 heteroatoms. The van der Waals surface area contributed by atoms with Gasteiger partial charge < -0.3 is 4.90 Å². The zero-order valence-corrected chi connectivity index (χ0v) is 9.87. The van der Waals surface area contributed by atoms with Gasteiger partial charge in [-0.25, -0.2) is 0 Å². The molecule has 0 rings (SSSR count). The first-order valence-electron chi connectivity index (χ1n) is 4.95. The molecule has 0 aromatic rings. The van der Waals surface area contributed by atoms with Crippen molar-refractivity contribution >= 4 is 11.9 Å². The standard InChI is InChI=1S/C10H21N3O/c1-6-7-8-9(14)13(5)10(11-2)12(3)4/h6-8H2,1-5H3. The molecular weight excluding hydrogens is 178 g/mol. The molecule has 0 saturated carbocycles. The highest BCUT2D eigenvalue weighted by Gasteiger charge is 2.14. The van der Waals surface area contributed by atoms with Crippen LogP contribution in [0.15, 0.2) is 4.99 Å². The van der Waals surface area contributed by atoms with Crippen molar-refractivity contribution in [2.45, 2.75) is 26.2 Å². The SMILES string of the molecule is CCCCC(=O)N(C)C(=NC)N(C)C. The summed E-state index contributed by atoms with van der Waals surface area (Å²) in [6.07, 6.45) is 2.58. The Morgan fingerprint density at radius 1 is 1.29 bits per heavy atom. The van der Waals surface area contributed by atoms with Crippen LogP contribution >= 0.6 is 0 Å². The maximum atomic E-state index is 11.6. The Morgan fingerprint density at radius 2 is 1.86 bits per heavy atom. The van der Waals surface area contributed by atoms with Crippen LogP contribution in [-0.4, -0.2) is 49.9 Å². The number of carbonyl (C=O) groups excluding carboxylic acids is 1. The Labute approximate surface area is 86.6 Å². The molecule has 0 aromatic heterocycles. The minimum absolute atomic E-state index is 0.126. The number of unbranched alkanes of at least 4 members (excludes halogenated alkanes) is 1. The lowest BCUT2D eigenvalue weighted by Gasteiger charge is -2.24. The fraction of sp³-hybridized carbons (Fsp3) is 0.800. The number of carbonyl (C=O) groups is 1. The van der Waals surface area contributed by atoms with Gasteiger partial charge in [-0.2, -0.15) is 0 Å². The number of aliphatic imine (C=N–C) groups is 1. The van der Waals surface area contributed by atoms with Crippen molar-refractivity contribution in [1.82, 2.24) is 9.80 Å². The predicted octanol–water partition coefficient (Wildman–Crippen LogP) is 1.18. The Morgan fingerprint density at radius 3 is 2.21 bits per heavy atom. The van der Waals surface area contributed by atoms with E-state index in [9.17, 15) is 4.79 Å². The molecule has 0 fully saturated rings. The van der Waals surface area contributed by atoms with Crippen molar-refractivity contribution in [3.63, 3.8) is 0 Å². The van der Waals surface area contributed by atoms with Crippen LogP contribution in [0, 0.1) is 0 Å². The van der Waals surface area contributed by atoms with E-state index >= 15 is 0 Å². The van der Waals surface area contributed by atoms with E-state index in [-0.39, 0.29) is 5.91 Å². The van der Waals surface area contributed by atoms with Gasteiger partial charge in [0, 0.05) is 34.6 Å². The van der Waals surface area contributed by atoms with Crippen LogP contribution in [0.1, 0.15) is 26.2 Å². The van der Waals surface area contributed by atoms with Crippen molar-refractivity contribution in [3.8, 4) is 0 Å². The molecule has 4 nitrogen and oxygen atoms in total. The van der Waals surface area contributed by atoms with Gasteiger partial charge >= 0.3 is 0 Å². The average molecular weight is 199 g/mol. The molecule has 0 radical (unpaired) electrons. The van der Waals surface area contributed by atoms with E-state index in [0.29, 0.717) is 12.4 Å². The van der Waals surface area contributed by atoms with Crippen LogP contribution in [0.2, 0.25) is 0 Å². The van der Waals surface area contributed by atoms with Gasteiger partial charge in [-0.3, -0.25) is 14.7 Å². The zero-order valence-electron chi connectivity index (χ0n) is 9.87. The first-order chi connectivity index (χ1) is 6.54. The van der Waals surface area contributed by atoms with Gasteiger partial charge in [0.2, 0.25) is 11.9 Å². The van der Waals surface area contributed by atoms with E-state index in [2.05, 4.69) is 11.9 Å². The number of hydrogen-bond donors (Lipinski definition) is 0. The zero-order chi connectivity index (χ0) is 11.1. The summed E-state index contributed by atoms with van der Waals surface area (Å²) in [5, 5.41) is 0. The third-order valence-corrected chi connectivity index (χ3v) is 2.02. The molecule has 0 N–H and O–H groups in total. The molecule has 0 aliphatic carbocycles. The summed E-state index contributed by atoms with van der Waals surface area (Å²) < 4.78 is 0. The van der Waals surface area contributed by atoms with Crippen LogP contribution in [0.4, 0.5) is 0 Å². The van der Waals surface area contributed by atoms with Gasteiger partial charge in [-0.05, 0) is 6.42 Å². The fourth-order valence-electron chi connectivity index (χ4n) is 1.26. The van der Waals surface area contributed by atoms with E-state index in [1.807, 2.05) is 19.0 Å². The highest BCUT2D eigenvalue weighted by Crippen LogP contribution is 2.01. The minimum Gasteiger partial charge on any atom is -0.349 e. The second kappa shape index (κ2) is 6.40. The highest BCUT2D eigenvalue weighted by atomic mass is 16.2. The van der Waals surface area contributed by atoms with Gasteiger partial charge in [0.1, 0.15) is 0 Å². The van der Waals surface area contributed by atoms with E-state index in [1.54, 1.807) is 19.0 Å². The lowest BCUT2D eigenvalue weighted by Crippen LogP contribution is -2.41. The third-order valence-electron chi connectivity index (χ3n) is 2.02. The van der Waals surface area contributed by atoms with Gasteiger partial charge in [0.15, 0.2) is 0 Å². The first-order valence-corrected chi connectivity index (χ1v) is 4.95. The Hall–Kier alpha value is -1.06. The van der Waals surface area contributed by atoms with Crippen LogP contribution in [0.3, 0.4) is 0 Å².